The first kappa shape index (κ1) is 17.3. The Bertz CT molecular complexity index is 855. The molecule has 24 heavy (non-hydrogen) atoms. The lowest BCUT2D eigenvalue weighted by Crippen LogP contribution is -2.26. The fraction of sp³-hybridized carbons (Fsp3) is 0.500. The second-order valence-electron chi connectivity index (χ2n) is 6.04. The molecule has 3 rings (SSSR count). The van der Waals surface area contributed by atoms with Crippen molar-refractivity contribution in [2.75, 3.05) is 18.9 Å². The van der Waals surface area contributed by atoms with Gasteiger partial charge in [-0.25, -0.2) is 17.7 Å². The van der Waals surface area contributed by atoms with E-state index in [4.69, 9.17) is 0 Å². The number of rotatable bonds is 5. The highest BCUT2D eigenvalue weighted by Crippen LogP contribution is 2.31. The van der Waals surface area contributed by atoms with Gasteiger partial charge in [0.1, 0.15) is 0 Å². The molecular formula is C16H21N3O3S2. The summed E-state index contributed by atoms with van der Waals surface area (Å²) in [6.45, 7) is 2.20. The molecule has 1 aliphatic carbocycles. The smallest absolute Gasteiger partial charge is 0.242 e. The number of thiazole rings is 1. The summed E-state index contributed by atoms with van der Waals surface area (Å²) >= 11 is 1.31. The SMILES string of the molecule is CCN(C)S(=O)(=O)c1ccc2nc(NC(=O)C3CCCC3)sc2c1. The third-order valence-corrected chi connectivity index (χ3v) is 7.33. The lowest BCUT2D eigenvalue weighted by Gasteiger charge is -2.14. The second-order valence-corrected chi connectivity index (χ2v) is 9.11. The molecule has 1 aromatic carbocycles. The number of nitrogens with one attached hydrogen (secondary N) is 1. The van der Waals surface area contributed by atoms with Gasteiger partial charge in [-0.3, -0.25) is 4.79 Å². The monoisotopic (exact) mass is 367 g/mol. The molecule has 0 unspecified atom stereocenters. The number of hydrogen-bond acceptors (Lipinski definition) is 5. The maximum Gasteiger partial charge on any atom is 0.242 e. The van der Waals surface area contributed by atoms with Crippen molar-refractivity contribution in [1.29, 1.82) is 0 Å². The molecule has 0 aliphatic heterocycles. The molecule has 1 N–H and O–H groups in total. The zero-order valence-corrected chi connectivity index (χ0v) is 15.4. The van der Waals surface area contributed by atoms with Gasteiger partial charge in [-0.15, -0.1) is 0 Å². The van der Waals surface area contributed by atoms with Crippen LogP contribution in [0.3, 0.4) is 0 Å². The molecule has 1 fully saturated rings. The van der Waals surface area contributed by atoms with Crippen molar-refractivity contribution >= 4 is 42.6 Å². The van der Waals surface area contributed by atoms with Gasteiger partial charge in [-0.1, -0.05) is 31.1 Å². The van der Waals surface area contributed by atoms with Crippen molar-refractivity contribution in [3.63, 3.8) is 0 Å². The standard InChI is InChI=1S/C16H21N3O3S2/c1-3-19(2)24(21,22)12-8-9-13-14(10-12)23-16(17-13)18-15(20)11-6-4-5-7-11/h8-11H,3-7H2,1-2H3,(H,17,18,20). The Morgan fingerprint density at radius 3 is 2.75 bits per heavy atom. The summed E-state index contributed by atoms with van der Waals surface area (Å²) in [6.07, 6.45) is 4.07. The Hall–Kier alpha value is -1.51. The van der Waals surface area contributed by atoms with Gasteiger partial charge in [0.05, 0.1) is 15.1 Å². The van der Waals surface area contributed by atoms with Gasteiger partial charge in [-0.2, -0.15) is 0 Å². The van der Waals surface area contributed by atoms with Crippen LogP contribution in [0.15, 0.2) is 23.1 Å². The van der Waals surface area contributed by atoms with E-state index in [0.29, 0.717) is 17.2 Å². The number of benzene rings is 1. The van der Waals surface area contributed by atoms with Crippen LogP contribution in [0.5, 0.6) is 0 Å². The Morgan fingerprint density at radius 2 is 2.08 bits per heavy atom. The molecule has 130 valence electrons. The van der Waals surface area contributed by atoms with E-state index in [0.717, 1.165) is 30.4 Å². The van der Waals surface area contributed by atoms with Crippen molar-refractivity contribution in [2.24, 2.45) is 5.92 Å². The molecule has 0 spiro atoms. The predicted octanol–water partition coefficient (Wildman–Crippen LogP) is 3.07. The van der Waals surface area contributed by atoms with Crippen LogP contribution in [0, 0.1) is 5.92 Å². The number of amides is 1. The Morgan fingerprint density at radius 1 is 1.38 bits per heavy atom. The van der Waals surface area contributed by atoms with Gasteiger partial charge in [0, 0.05) is 19.5 Å². The summed E-state index contributed by atoms with van der Waals surface area (Å²) in [4.78, 5) is 16.8. The number of anilines is 1. The highest BCUT2D eigenvalue weighted by Gasteiger charge is 2.24. The van der Waals surface area contributed by atoms with Crippen LogP contribution in [-0.4, -0.2) is 37.2 Å². The summed E-state index contributed by atoms with van der Waals surface area (Å²) < 4.78 is 26.9. The number of nitrogens with zero attached hydrogens (tertiary/aromatic N) is 2. The summed E-state index contributed by atoms with van der Waals surface area (Å²) in [6, 6.07) is 4.87. The largest absolute Gasteiger partial charge is 0.302 e. The van der Waals surface area contributed by atoms with Crippen molar-refractivity contribution in [2.45, 2.75) is 37.5 Å². The summed E-state index contributed by atoms with van der Waals surface area (Å²) in [7, 11) is -1.93. The van der Waals surface area contributed by atoms with E-state index in [1.54, 1.807) is 32.2 Å². The fourth-order valence-electron chi connectivity index (χ4n) is 2.86. The third-order valence-electron chi connectivity index (χ3n) is 4.47. The second kappa shape index (κ2) is 6.78. The van der Waals surface area contributed by atoms with E-state index in [1.807, 2.05) is 0 Å². The average molecular weight is 367 g/mol. The first-order chi connectivity index (χ1) is 11.4. The van der Waals surface area contributed by atoms with Crippen molar-refractivity contribution in [1.82, 2.24) is 9.29 Å². The molecule has 1 amide bonds. The number of fused-ring (bicyclic) bond motifs is 1. The quantitative estimate of drug-likeness (QED) is 0.881. The Kier molecular flexibility index (Phi) is 4.89. The molecule has 2 aromatic rings. The molecule has 1 heterocycles. The zero-order chi connectivity index (χ0) is 17.3. The van der Waals surface area contributed by atoms with Crippen LogP contribution in [0.25, 0.3) is 10.2 Å². The molecule has 1 aliphatic rings. The first-order valence-corrected chi connectivity index (χ1v) is 10.3. The average Bonchev–Trinajstić information content (AvgIpc) is 3.22. The summed E-state index contributed by atoms with van der Waals surface area (Å²) in [5.41, 5.74) is 0.694. The van der Waals surface area contributed by atoms with Crippen LogP contribution in [-0.2, 0) is 14.8 Å². The van der Waals surface area contributed by atoms with Crippen molar-refractivity contribution in [3.05, 3.63) is 18.2 Å². The Balaban J connectivity index is 1.85. The van der Waals surface area contributed by atoms with Crippen LogP contribution >= 0.6 is 11.3 Å². The van der Waals surface area contributed by atoms with E-state index in [1.165, 1.54) is 15.6 Å². The van der Waals surface area contributed by atoms with Gasteiger partial charge in [0.25, 0.3) is 0 Å². The zero-order valence-electron chi connectivity index (χ0n) is 13.8. The predicted molar refractivity (Wildman–Crippen MR) is 95.7 cm³/mol. The maximum atomic E-state index is 12.4. The number of carbonyl (C=O) groups excluding carboxylic acids is 1. The minimum Gasteiger partial charge on any atom is -0.302 e. The van der Waals surface area contributed by atoms with E-state index >= 15 is 0 Å². The normalized spacial score (nSPS) is 16.1. The minimum absolute atomic E-state index is 0.0186. The van der Waals surface area contributed by atoms with Crippen molar-refractivity contribution < 1.29 is 13.2 Å². The van der Waals surface area contributed by atoms with Gasteiger partial charge in [0.2, 0.25) is 15.9 Å². The summed E-state index contributed by atoms with van der Waals surface area (Å²) in [5, 5.41) is 3.40. The Labute approximate surface area is 145 Å². The minimum atomic E-state index is -3.48. The molecule has 8 heteroatoms. The van der Waals surface area contributed by atoms with Gasteiger partial charge in [0.15, 0.2) is 5.13 Å². The molecule has 0 radical (unpaired) electrons. The van der Waals surface area contributed by atoms with E-state index < -0.39 is 10.0 Å². The number of carbonyl (C=O) groups is 1. The van der Waals surface area contributed by atoms with E-state index in [-0.39, 0.29) is 16.7 Å². The highest BCUT2D eigenvalue weighted by atomic mass is 32.2. The van der Waals surface area contributed by atoms with Gasteiger partial charge in [-0.05, 0) is 31.0 Å². The molecule has 1 aromatic heterocycles. The topological polar surface area (TPSA) is 79.4 Å². The van der Waals surface area contributed by atoms with Crippen LogP contribution < -0.4 is 5.32 Å². The number of aromatic nitrogens is 1. The lowest BCUT2D eigenvalue weighted by atomic mass is 10.1. The molecule has 0 saturated heterocycles. The third kappa shape index (κ3) is 3.31. The van der Waals surface area contributed by atoms with Crippen molar-refractivity contribution in [3.8, 4) is 0 Å². The van der Waals surface area contributed by atoms with Crippen LogP contribution in [0.2, 0.25) is 0 Å². The van der Waals surface area contributed by atoms with E-state index in [9.17, 15) is 13.2 Å². The molecule has 1 saturated carbocycles. The first-order valence-electron chi connectivity index (χ1n) is 8.09. The molecule has 0 bridgehead atoms. The number of hydrogen-bond donors (Lipinski definition) is 1. The molecule has 0 atom stereocenters. The van der Waals surface area contributed by atoms with Gasteiger partial charge >= 0.3 is 0 Å². The van der Waals surface area contributed by atoms with Gasteiger partial charge < -0.3 is 5.32 Å². The van der Waals surface area contributed by atoms with Crippen LogP contribution in [0.4, 0.5) is 5.13 Å². The highest BCUT2D eigenvalue weighted by molar-refractivity contribution is 7.89. The lowest BCUT2D eigenvalue weighted by molar-refractivity contribution is -0.119. The molecular weight excluding hydrogens is 346 g/mol. The summed E-state index contributed by atoms with van der Waals surface area (Å²) in [5.74, 6) is 0.0938. The van der Waals surface area contributed by atoms with E-state index in [2.05, 4.69) is 10.3 Å². The fourth-order valence-corrected chi connectivity index (χ4v) is 5.05. The number of sulfonamides is 1. The maximum absolute atomic E-state index is 12.4. The molecule has 6 nitrogen and oxygen atoms in total. The van der Waals surface area contributed by atoms with Crippen LogP contribution in [0.1, 0.15) is 32.6 Å².